The molecule has 1 fully saturated rings. The molecule has 0 amide bonds. The highest BCUT2D eigenvalue weighted by Crippen LogP contribution is 2.32. The van der Waals surface area contributed by atoms with Gasteiger partial charge in [-0.25, -0.2) is 4.21 Å². The lowest BCUT2D eigenvalue weighted by atomic mass is 9.81. The summed E-state index contributed by atoms with van der Waals surface area (Å²) < 4.78 is 19.2. The van der Waals surface area contributed by atoms with Gasteiger partial charge in [-0.1, -0.05) is 26.7 Å². The molecule has 3 heteroatoms. The molecule has 0 aliphatic heterocycles. The molecule has 0 spiro atoms. The lowest BCUT2D eigenvalue weighted by Crippen LogP contribution is -2.28. The Labute approximate surface area is 82.1 Å². The van der Waals surface area contributed by atoms with Crippen LogP contribution in [-0.2, 0) is 9.73 Å². The van der Waals surface area contributed by atoms with Crippen molar-refractivity contribution in [1.82, 2.24) is 0 Å². The highest BCUT2D eigenvalue weighted by atomic mass is 32.2. The normalized spacial score (nSPS) is 34.5. The van der Waals surface area contributed by atoms with Gasteiger partial charge in [0.1, 0.15) is 0 Å². The van der Waals surface area contributed by atoms with Crippen LogP contribution in [0.3, 0.4) is 0 Å². The summed E-state index contributed by atoms with van der Waals surface area (Å²) in [7, 11) is -2.29. The van der Waals surface area contributed by atoms with Crippen LogP contribution < -0.4 is 0 Å². The van der Waals surface area contributed by atoms with E-state index in [0.717, 1.165) is 19.3 Å². The van der Waals surface area contributed by atoms with Crippen molar-refractivity contribution < 1.29 is 4.21 Å². The summed E-state index contributed by atoms with van der Waals surface area (Å²) >= 11 is 0. The fraction of sp³-hybridized carbons (Fsp3) is 1.00. The molecule has 2 nitrogen and oxygen atoms in total. The standard InChI is InChI=1S/C10H21NOS/c1-8(2)9-5-4-6-10(7-9)13(3,11)12/h8-11H,4-7H2,1-3H3/t9-,10-,13?/m0/s1. The first kappa shape index (κ1) is 11.0. The quantitative estimate of drug-likeness (QED) is 0.736. The van der Waals surface area contributed by atoms with Crippen LogP contribution in [0.15, 0.2) is 0 Å². The van der Waals surface area contributed by atoms with E-state index < -0.39 is 9.73 Å². The first-order valence-electron chi connectivity index (χ1n) is 5.14. The summed E-state index contributed by atoms with van der Waals surface area (Å²) in [6.45, 7) is 4.46. The Morgan fingerprint density at radius 1 is 1.38 bits per heavy atom. The molecule has 3 atom stereocenters. The molecule has 1 saturated carbocycles. The molecule has 0 aromatic carbocycles. The number of rotatable bonds is 2. The van der Waals surface area contributed by atoms with Gasteiger partial charge in [-0.05, 0) is 24.7 Å². The van der Waals surface area contributed by atoms with Crippen molar-refractivity contribution in [1.29, 1.82) is 4.78 Å². The van der Waals surface area contributed by atoms with Crippen LogP contribution >= 0.6 is 0 Å². The van der Waals surface area contributed by atoms with Crippen LogP contribution in [0.2, 0.25) is 0 Å². The first-order chi connectivity index (χ1) is 5.91. The van der Waals surface area contributed by atoms with Crippen molar-refractivity contribution in [2.45, 2.75) is 44.8 Å². The van der Waals surface area contributed by atoms with Gasteiger partial charge in [-0.15, -0.1) is 0 Å². The molecule has 0 heterocycles. The third kappa shape index (κ3) is 2.97. The van der Waals surface area contributed by atoms with Crippen LogP contribution in [0.1, 0.15) is 39.5 Å². The fourth-order valence-corrected chi connectivity index (χ4v) is 3.43. The van der Waals surface area contributed by atoms with Crippen molar-refractivity contribution in [3.8, 4) is 0 Å². The van der Waals surface area contributed by atoms with Gasteiger partial charge in [0.05, 0.1) is 0 Å². The van der Waals surface area contributed by atoms with Gasteiger partial charge in [-0.2, -0.15) is 0 Å². The summed E-state index contributed by atoms with van der Waals surface area (Å²) in [6, 6.07) is 0. The van der Waals surface area contributed by atoms with Gasteiger partial charge in [0.25, 0.3) is 0 Å². The zero-order valence-corrected chi connectivity index (χ0v) is 9.69. The second kappa shape index (κ2) is 3.99. The average molecular weight is 203 g/mol. The Bertz CT molecular complexity index is 256. The zero-order chi connectivity index (χ0) is 10.1. The summed E-state index contributed by atoms with van der Waals surface area (Å²) in [5.74, 6) is 1.38. The van der Waals surface area contributed by atoms with Crippen LogP contribution in [-0.4, -0.2) is 15.7 Å². The van der Waals surface area contributed by atoms with Crippen molar-refractivity contribution >= 4 is 9.73 Å². The lowest BCUT2D eigenvalue weighted by Gasteiger charge is -2.31. The Balaban J connectivity index is 2.62. The van der Waals surface area contributed by atoms with Gasteiger partial charge in [0, 0.05) is 21.2 Å². The lowest BCUT2D eigenvalue weighted by molar-refractivity contribution is 0.282. The molecule has 0 aromatic heterocycles. The minimum Gasteiger partial charge on any atom is -0.253 e. The molecule has 1 rings (SSSR count). The van der Waals surface area contributed by atoms with Gasteiger partial charge in [0.2, 0.25) is 0 Å². The maximum atomic E-state index is 11.6. The highest BCUT2D eigenvalue weighted by Gasteiger charge is 2.28. The van der Waals surface area contributed by atoms with E-state index in [4.69, 9.17) is 4.78 Å². The third-order valence-corrected chi connectivity index (χ3v) is 4.95. The molecule has 1 aliphatic rings. The minimum absolute atomic E-state index is 0.161. The molecule has 13 heavy (non-hydrogen) atoms. The van der Waals surface area contributed by atoms with Gasteiger partial charge in [0.15, 0.2) is 0 Å². The third-order valence-electron chi connectivity index (χ3n) is 3.25. The minimum atomic E-state index is -2.29. The first-order valence-corrected chi connectivity index (χ1v) is 7.17. The van der Waals surface area contributed by atoms with E-state index in [9.17, 15) is 4.21 Å². The smallest absolute Gasteiger partial charge is 0.0441 e. The van der Waals surface area contributed by atoms with E-state index in [2.05, 4.69) is 13.8 Å². The molecule has 1 N–H and O–H groups in total. The molecule has 78 valence electrons. The van der Waals surface area contributed by atoms with Crippen molar-refractivity contribution in [3.05, 3.63) is 0 Å². The maximum absolute atomic E-state index is 11.6. The Morgan fingerprint density at radius 3 is 2.46 bits per heavy atom. The molecule has 0 saturated heterocycles. The molecule has 0 radical (unpaired) electrons. The van der Waals surface area contributed by atoms with Crippen molar-refractivity contribution in [2.24, 2.45) is 11.8 Å². The van der Waals surface area contributed by atoms with E-state index in [-0.39, 0.29) is 5.25 Å². The van der Waals surface area contributed by atoms with E-state index in [1.165, 1.54) is 6.42 Å². The zero-order valence-electron chi connectivity index (χ0n) is 8.88. The Hall–Kier alpha value is -0.0500. The van der Waals surface area contributed by atoms with E-state index in [1.54, 1.807) is 6.26 Å². The topological polar surface area (TPSA) is 40.9 Å². The second-order valence-corrected chi connectivity index (χ2v) is 7.17. The van der Waals surface area contributed by atoms with Crippen LogP contribution in [0.5, 0.6) is 0 Å². The molecule has 0 bridgehead atoms. The van der Waals surface area contributed by atoms with Gasteiger partial charge >= 0.3 is 0 Å². The van der Waals surface area contributed by atoms with E-state index in [0.29, 0.717) is 11.8 Å². The molecule has 1 unspecified atom stereocenters. The highest BCUT2D eigenvalue weighted by molar-refractivity contribution is 7.92. The van der Waals surface area contributed by atoms with Gasteiger partial charge in [-0.3, -0.25) is 4.78 Å². The van der Waals surface area contributed by atoms with Crippen LogP contribution in [0.4, 0.5) is 0 Å². The second-order valence-electron chi connectivity index (χ2n) is 4.70. The van der Waals surface area contributed by atoms with Crippen LogP contribution in [0.25, 0.3) is 0 Å². The van der Waals surface area contributed by atoms with E-state index >= 15 is 0 Å². The molecule has 1 aliphatic carbocycles. The van der Waals surface area contributed by atoms with Crippen molar-refractivity contribution in [2.75, 3.05) is 6.26 Å². The summed E-state index contributed by atoms with van der Waals surface area (Å²) in [4.78, 5) is 0. The average Bonchev–Trinajstić information content (AvgIpc) is 2.03. The maximum Gasteiger partial charge on any atom is 0.0441 e. The Morgan fingerprint density at radius 2 is 2.00 bits per heavy atom. The fourth-order valence-electron chi connectivity index (χ4n) is 2.20. The van der Waals surface area contributed by atoms with E-state index in [1.807, 2.05) is 0 Å². The summed E-state index contributed by atoms with van der Waals surface area (Å²) in [5.41, 5.74) is 0. The SMILES string of the molecule is CC(C)[C@H]1CCC[C@H](S(C)(=N)=O)C1. The summed E-state index contributed by atoms with van der Waals surface area (Å²) in [5, 5.41) is 0.161. The van der Waals surface area contributed by atoms with Crippen molar-refractivity contribution in [3.63, 3.8) is 0 Å². The molecule has 0 aromatic rings. The Kier molecular flexibility index (Phi) is 3.38. The number of nitrogens with one attached hydrogen (secondary N) is 1. The van der Waals surface area contributed by atoms with Gasteiger partial charge < -0.3 is 0 Å². The predicted octanol–water partition coefficient (Wildman–Crippen LogP) is 2.88. The number of hydrogen-bond donors (Lipinski definition) is 1. The number of hydrogen-bond acceptors (Lipinski definition) is 2. The monoisotopic (exact) mass is 203 g/mol. The summed E-state index contributed by atoms with van der Waals surface area (Å²) in [6.07, 6.45) is 6.04. The largest absolute Gasteiger partial charge is 0.253 e. The van der Waals surface area contributed by atoms with Crippen LogP contribution in [0, 0.1) is 16.6 Å². The predicted molar refractivity (Wildman–Crippen MR) is 57.4 cm³/mol. The molecular weight excluding hydrogens is 182 g/mol. The molecular formula is C10H21NOS.